The number of anilines is 1. The van der Waals surface area contributed by atoms with Gasteiger partial charge < -0.3 is 14.4 Å². The standard InChI is InChI=1S/C23H22N2O4S/c1-3-10-28-23(27)17-6-4-16(5-7-17)12-25-20-11-18(19-14-30-15(2)24-19)8-9-21(20)29-13-22(25)26/h4-9,11,14H,3,10,12-13H2,1-2H3. The number of fused-ring (bicyclic) bond motifs is 1. The molecule has 1 aromatic heterocycles. The quantitative estimate of drug-likeness (QED) is 0.543. The van der Waals surface area contributed by atoms with Gasteiger partial charge in [-0.2, -0.15) is 0 Å². The molecule has 1 aliphatic heterocycles. The predicted octanol–water partition coefficient (Wildman–Crippen LogP) is 4.61. The van der Waals surface area contributed by atoms with Crippen LogP contribution in [-0.2, 0) is 16.1 Å². The van der Waals surface area contributed by atoms with E-state index in [1.165, 1.54) is 0 Å². The largest absolute Gasteiger partial charge is 0.482 e. The molecule has 154 valence electrons. The number of hydrogen-bond acceptors (Lipinski definition) is 6. The van der Waals surface area contributed by atoms with Gasteiger partial charge in [-0.25, -0.2) is 9.78 Å². The molecule has 0 saturated carbocycles. The number of ether oxygens (including phenoxy) is 2. The Kier molecular flexibility index (Phi) is 5.81. The van der Waals surface area contributed by atoms with E-state index in [-0.39, 0.29) is 18.5 Å². The fraction of sp³-hybridized carbons (Fsp3) is 0.261. The minimum Gasteiger partial charge on any atom is -0.482 e. The van der Waals surface area contributed by atoms with Crippen molar-refractivity contribution < 1.29 is 19.1 Å². The summed E-state index contributed by atoms with van der Waals surface area (Å²) in [5.74, 6) is 0.227. The van der Waals surface area contributed by atoms with Crippen molar-refractivity contribution >= 4 is 28.9 Å². The Morgan fingerprint density at radius 1 is 1.23 bits per heavy atom. The van der Waals surface area contributed by atoms with Crippen LogP contribution in [-0.4, -0.2) is 30.1 Å². The summed E-state index contributed by atoms with van der Waals surface area (Å²) in [5, 5.41) is 2.99. The van der Waals surface area contributed by atoms with Crippen LogP contribution >= 0.6 is 11.3 Å². The number of hydrogen-bond donors (Lipinski definition) is 0. The topological polar surface area (TPSA) is 68.7 Å². The van der Waals surface area contributed by atoms with Crippen molar-refractivity contribution in [3.05, 3.63) is 64.0 Å². The molecule has 2 aromatic carbocycles. The summed E-state index contributed by atoms with van der Waals surface area (Å²) in [6.07, 6.45) is 0.783. The monoisotopic (exact) mass is 422 g/mol. The van der Waals surface area contributed by atoms with Crippen LogP contribution in [0.1, 0.15) is 34.3 Å². The highest BCUT2D eigenvalue weighted by atomic mass is 32.1. The zero-order valence-electron chi connectivity index (χ0n) is 16.9. The van der Waals surface area contributed by atoms with Crippen molar-refractivity contribution in [1.29, 1.82) is 0 Å². The second-order valence-corrected chi connectivity index (χ2v) is 8.10. The van der Waals surface area contributed by atoms with Gasteiger partial charge in [0, 0.05) is 10.9 Å². The Hall–Kier alpha value is -3.19. The minimum atomic E-state index is -0.334. The first kappa shape index (κ1) is 20.1. The average molecular weight is 423 g/mol. The first-order valence-corrected chi connectivity index (χ1v) is 10.7. The van der Waals surface area contributed by atoms with Gasteiger partial charge in [-0.1, -0.05) is 19.1 Å². The van der Waals surface area contributed by atoms with Crippen LogP contribution in [0.3, 0.4) is 0 Å². The number of benzene rings is 2. The third-order valence-electron chi connectivity index (χ3n) is 4.78. The zero-order chi connectivity index (χ0) is 21.1. The van der Waals surface area contributed by atoms with E-state index >= 15 is 0 Å². The predicted molar refractivity (Wildman–Crippen MR) is 116 cm³/mol. The number of amides is 1. The molecule has 3 aromatic rings. The number of esters is 1. The zero-order valence-corrected chi connectivity index (χ0v) is 17.7. The molecule has 1 amide bonds. The van der Waals surface area contributed by atoms with Crippen LogP contribution < -0.4 is 9.64 Å². The molecular weight excluding hydrogens is 400 g/mol. The van der Waals surface area contributed by atoms with E-state index in [2.05, 4.69) is 4.98 Å². The molecule has 30 heavy (non-hydrogen) atoms. The second kappa shape index (κ2) is 8.67. The van der Waals surface area contributed by atoms with Crippen molar-refractivity contribution in [3.63, 3.8) is 0 Å². The normalized spacial score (nSPS) is 13.0. The van der Waals surface area contributed by atoms with Gasteiger partial charge in [0.15, 0.2) is 6.61 Å². The van der Waals surface area contributed by atoms with E-state index in [4.69, 9.17) is 9.47 Å². The third kappa shape index (κ3) is 4.21. The highest BCUT2D eigenvalue weighted by molar-refractivity contribution is 7.09. The summed E-state index contributed by atoms with van der Waals surface area (Å²) in [4.78, 5) is 30.9. The molecule has 0 spiro atoms. The highest BCUT2D eigenvalue weighted by Gasteiger charge is 2.26. The van der Waals surface area contributed by atoms with Crippen molar-refractivity contribution in [3.8, 4) is 17.0 Å². The van der Waals surface area contributed by atoms with E-state index in [1.54, 1.807) is 28.4 Å². The molecule has 1 aliphatic rings. The molecule has 0 N–H and O–H groups in total. The van der Waals surface area contributed by atoms with Crippen LogP contribution in [0.4, 0.5) is 5.69 Å². The second-order valence-electron chi connectivity index (χ2n) is 7.04. The highest BCUT2D eigenvalue weighted by Crippen LogP contribution is 2.37. The van der Waals surface area contributed by atoms with E-state index < -0.39 is 0 Å². The van der Waals surface area contributed by atoms with Crippen LogP contribution in [0.2, 0.25) is 0 Å². The van der Waals surface area contributed by atoms with Crippen molar-refractivity contribution in [1.82, 2.24) is 4.98 Å². The Labute approximate surface area is 179 Å². The third-order valence-corrected chi connectivity index (χ3v) is 5.56. The number of rotatable bonds is 6. The number of aryl methyl sites for hydroxylation is 1. The van der Waals surface area contributed by atoms with E-state index in [1.807, 2.05) is 49.6 Å². The van der Waals surface area contributed by atoms with E-state index in [0.717, 1.165) is 33.9 Å². The molecule has 0 atom stereocenters. The van der Waals surface area contributed by atoms with Crippen LogP contribution in [0.25, 0.3) is 11.3 Å². The maximum atomic E-state index is 12.6. The minimum absolute atomic E-state index is 0.00355. The first-order valence-electron chi connectivity index (χ1n) is 9.81. The average Bonchev–Trinajstić information content (AvgIpc) is 3.20. The van der Waals surface area contributed by atoms with Crippen LogP contribution in [0, 0.1) is 6.92 Å². The van der Waals surface area contributed by atoms with Gasteiger partial charge in [-0.05, 0) is 49.2 Å². The molecule has 4 rings (SSSR count). The summed E-state index contributed by atoms with van der Waals surface area (Å²) >= 11 is 1.59. The van der Waals surface area contributed by atoms with Gasteiger partial charge in [0.2, 0.25) is 0 Å². The molecule has 0 fully saturated rings. The molecule has 7 heteroatoms. The summed E-state index contributed by atoms with van der Waals surface area (Å²) in [7, 11) is 0. The lowest BCUT2D eigenvalue weighted by atomic mass is 10.1. The molecule has 6 nitrogen and oxygen atoms in total. The molecular formula is C23H22N2O4S. The summed E-state index contributed by atoms with van der Waals surface area (Å²) < 4.78 is 10.8. The van der Waals surface area contributed by atoms with Crippen LogP contribution in [0.5, 0.6) is 5.75 Å². The Balaban J connectivity index is 1.57. The number of carbonyl (C=O) groups excluding carboxylic acids is 2. The van der Waals surface area contributed by atoms with Gasteiger partial charge >= 0.3 is 5.97 Å². The summed E-state index contributed by atoms with van der Waals surface area (Å²) in [6, 6.07) is 12.9. The lowest BCUT2D eigenvalue weighted by Crippen LogP contribution is -2.38. The first-order chi connectivity index (χ1) is 14.5. The van der Waals surface area contributed by atoms with Gasteiger partial charge in [-0.15, -0.1) is 11.3 Å². The smallest absolute Gasteiger partial charge is 0.338 e. The fourth-order valence-electron chi connectivity index (χ4n) is 3.24. The van der Waals surface area contributed by atoms with Gasteiger partial charge in [-0.3, -0.25) is 4.79 Å². The van der Waals surface area contributed by atoms with Gasteiger partial charge in [0.25, 0.3) is 5.91 Å². The number of aromatic nitrogens is 1. The molecule has 0 unspecified atom stereocenters. The van der Waals surface area contributed by atoms with E-state index in [9.17, 15) is 9.59 Å². The Morgan fingerprint density at radius 2 is 2.03 bits per heavy atom. The molecule has 0 bridgehead atoms. The van der Waals surface area contributed by atoms with Crippen molar-refractivity contribution in [2.45, 2.75) is 26.8 Å². The molecule has 0 saturated heterocycles. The van der Waals surface area contributed by atoms with Crippen LogP contribution in [0.15, 0.2) is 47.8 Å². The van der Waals surface area contributed by atoms with Gasteiger partial charge in [0.1, 0.15) is 5.75 Å². The lowest BCUT2D eigenvalue weighted by molar-refractivity contribution is -0.121. The van der Waals surface area contributed by atoms with E-state index in [0.29, 0.717) is 24.5 Å². The number of thiazole rings is 1. The van der Waals surface area contributed by atoms with Crippen molar-refractivity contribution in [2.24, 2.45) is 0 Å². The molecule has 0 aliphatic carbocycles. The fourth-order valence-corrected chi connectivity index (χ4v) is 3.86. The number of nitrogens with zero attached hydrogens (tertiary/aromatic N) is 2. The van der Waals surface area contributed by atoms with Gasteiger partial charge in [0.05, 0.1) is 35.1 Å². The van der Waals surface area contributed by atoms with Crippen molar-refractivity contribution in [2.75, 3.05) is 18.1 Å². The Morgan fingerprint density at radius 3 is 2.73 bits per heavy atom. The lowest BCUT2D eigenvalue weighted by Gasteiger charge is -2.30. The summed E-state index contributed by atoms with van der Waals surface area (Å²) in [6.45, 7) is 4.71. The Bertz CT molecular complexity index is 1080. The molecule has 2 heterocycles. The SMILES string of the molecule is CCCOC(=O)c1ccc(CN2C(=O)COc3ccc(-c4csc(C)n4)cc32)cc1. The molecule has 0 radical (unpaired) electrons. The maximum absolute atomic E-state index is 12.6. The maximum Gasteiger partial charge on any atom is 0.338 e. The number of carbonyl (C=O) groups is 2. The summed E-state index contributed by atoms with van der Waals surface area (Å²) in [5.41, 5.74) is 3.96.